The fourth-order valence-corrected chi connectivity index (χ4v) is 4.05. The highest BCUT2D eigenvalue weighted by molar-refractivity contribution is 5.73. The number of nitrogens with zero attached hydrogens (tertiary/aromatic N) is 3. The summed E-state index contributed by atoms with van der Waals surface area (Å²) in [4.78, 5) is 50.0. The molecular formula is C18H31N3O8. The summed E-state index contributed by atoms with van der Waals surface area (Å²) >= 11 is 0. The van der Waals surface area contributed by atoms with E-state index in [4.69, 9.17) is 10.2 Å². The maximum Gasteiger partial charge on any atom is 0.317 e. The van der Waals surface area contributed by atoms with Crippen LogP contribution in [0, 0.1) is 0 Å². The van der Waals surface area contributed by atoms with Crippen LogP contribution >= 0.6 is 0 Å². The molecule has 1 aliphatic carbocycles. The maximum atomic E-state index is 11.5. The van der Waals surface area contributed by atoms with Crippen LogP contribution < -0.4 is 0 Å². The Labute approximate surface area is 169 Å². The first-order valence-electron chi connectivity index (χ1n) is 9.53. The molecule has 0 aromatic carbocycles. The number of hydrogen-bond acceptors (Lipinski definition) is 7. The van der Waals surface area contributed by atoms with Gasteiger partial charge in [-0.05, 0) is 26.9 Å². The third-order valence-electron chi connectivity index (χ3n) is 5.21. The topological polar surface area (TPSA) is 159 Å². The van der Waals surface area contributed by atoms with Gasteiger partial charge in [-0.25, -0.2) is 0 Å². The van der Waals surface area contributed by atoms with Gasteiger partial charge in [0.05, 0.1) is 26.1 Å². The minimum absolute atomic E-state index is 0.0475. The van der Waals surface area contributed by atoms with Gasteiger partial charge in [-0.1, -0.05) is 12.8 Å². The summed E-state index contributed by atoms with van der Waals surface area (Å²) in [5.74, 6) is -4.85. The quantitative estimate of drug-likeness (QED) is 0.308. The minimum atomic E-state index is -1.28. The van der Waals surface area contributed by atoms with E-state index in [0.29, 0.717) is 0 Å². The molecule has 0 heterocycles. The summed E-state index contributed by atoms with van der Waals surface area (Å²) in [5.41, 5.74) is 0. The molecule has 1 rings (SSSR count). The predicted octanol–water partition coefficient (Wildman–Crippen LogP) is -0.440. The average molecular weight is 417 g/mol. The Balaban J connectivity index is 3.17. The van der Waals surface area contributed by atoms with Crippen molar-refractivity contribution in [3.63, 3.8) is 0 Å². The zero-order valence-electron chi connectivity index (χ0n) is 16.9. The molecule has 4 N–H and O–H groups in total. The Morgan fingerprint density at radius 3 is 1.69 bits per heavy atom. The summed E-state index contributed by atoms with van der Waals surface area (Å²) in [7, 11) is 3.80. The largest absolute Gasteiger partial charge is 0.481 e. The highest BCUT2D eigenvalue weighted by Gasteiger charge is 2.36. The molecule has 0 amide bonds. The molecule has 1 saturated carbocycles. The van der Waals surface area contributed by atoms with Crippen LogP contribution in [-0.4, -0.2) is 117 Å². The number of aliphatic carboxylic acids is 4. The van der Waals surface area contributed by atoms with Gasteiger partial charge in [0.15, 0.2) is 0 Å². The van der Waals surface area contributed by atoms with Crippen molar-refractivity contribution in [2.24, 2.45) is 0 Å². The van der Waals surface area contributed by atoms with E-state index in [9.17, 15) is 29.4 Å². The Morgan fingerprint density at radius 2 is 1.28 bits per heavy atom. The van der Waals surface area contributed by atoms with Gasteiger partial charge in [0.1, 0.15) is 0 Å². The molecule has 11 heteroatoms. The molecule has 3 atom stereocenters. The summed E-state index contributed by atoms with van der Waals surface area (Å²) in [6, 6.07) is -1.03. The van der Waals surface area contributed by atoms with Crippen molar-refractivity contribution in [1.29, 1.82) is 0 Å². The second-order valence-electron chi connectivity index (χ2n) is 7.65. The molecule has 0 aliphatic heterocycles. The predicted molar refractivity (Wildman–Crippen MR) is 102 cm³/mol. The molecule has 3 unspecified atom stereocenters. The lowest BCUT2D eigenvalue weighted by molar-refractivity contribution is -0.148. The monoisotopic (exact) mass is 417 g/mol. The second kappa shape index (κ2) is 11.7. The van der Waals surface area contributed by atoms with Gasteiger partial charge in [0, 0.05) is 24.7 Å². The van der Waals surface area contributed by atoms with Crippen LogP contribution in [0.3, 0.4) is 0 Å². The first-order chi connectivity index (χ1) is 13.5. The van der Waals surface area contributed by atoms with Gasteiger partial charge in [-0.15, -0.1) is 0 Å². The first kappa shape index (κ1) is 24.8. The fraction of sp³-hybridized carbons (Fsp3) is 0.778. The Hall–Kier alpha value is -2.24. The molecule has 0 saturated heterocycles. The molecule has 0 spiro atoms. The highest BCUT2D eigenvalue weighted by Crippen LogP contribution is 2.27. The molecule has 166 valence electrons. The van der Waals surface area contributed by atoms with E-state index in [1.54, 1.807) is 4.90 Å². The second-order valence-corrected chi connectivity index (χ2v) is 7.65. The van der Waals surface area contributed by atoms with E-state index < -0.39 is 49.4 Å². The molecular weight excluding hydrogens is 386 g/mol. The van der Waals surface area contributed by atoms with Crippen LogP contribution in [0.2, 0.25) is 0 Å². The van der Waals surface area contributed by atoms with E-state index >= 15 is 0 Å². The van der Waals surface area contributed by atoms with Gasteiger partial charge in [-0.3, -0.25) is 29.0 Å². The average Bonchev–Trinajstić information content (AvgIpc) is 2.58. The lowest BCUT2D eigenvalue weighted by atomic mass is 9.88. The van der Waals surface area contributed by atoms with Crippen molar-refractivity contribution in [3.8, 4) is 0 Å². The van der Waals surface area contributed by atoms with Gasteiger partial charge in [-0.2, -0.15) is 0 Å². The smallest absolute Gasteiger partial charge is 0.317 e. The lowest BCUT2D eigenvalue weighted by Crippen LogP contribution is -2.57. The van der Waals surface area contributed by atoms with Crippen molar-refractivity contribution in [1.82, 2.24) is 14.7 Å². The zero-order chi connectivity index (χ0) is 22.1. The maximum absolute atomic E-state index is 11.5. The summed E-state index contributed by atoms with van der Waals surface area (Å²) in [6.07, 6.45) is 3.01. The van der Waals surface area contributed by atoms with Crippen molar-refractivity contribution >= 4 is 23.9 Å². The molecule has 11 nitrogen and oxygen atoms in total. The van der Waals surface area contributed by atoms with Crippen LogP contribution in [0.5, 0.6) is 0 Å². The number of likely N-dealkylation sites (N-methyl/N-ethyl adjacent to an activating group) is 1. The van der Waals surface area contributed by atoms with Crippen LogP contribution in [0.25, 0.3) is 0 Å². The standard InChI is InChI=1S/C18H31N3O8/c1-19(2)13-5-3-4-6-14(13)21(11-18(28)29)8-12(7-15(22)23)20(9-16(24)25)10-17(26)27/h12-14H,3-11H2,1-2H3,(H,22,23)(H,24,25)(H,26,27)(H,28,29). The van der Waals surface area contributed by atoms with Crippen LogP contribution in [0.4, 0.5) is 0 Å². The van der Waals surface area contributed by atoms with Crippen molar-refractivity contribution in [2.45, 2.75) is 50.2 Å². The van der Waals surface area contributed by atoms with E-state index in [1.165, 1.54) is 0 Å². The number of carboxylic acid groups (broad SMARTS) is 4. The Morgan fingerprint density at radius 1 is 0.793 bits per heavy atom. The van der Waals surface area contributed by atoms with E-state index in [0.717, 1.165) is 30.6 Å². The van der Waals surface area contributed by atoms with Crippen LogP contribution in [-0.2, 0) is 19.2 Å². The van der Waals surface area contributed by atoms with Gasteiger partial charge >= 0.3 is 23.9 Å². The third-order valence-corrected chi connectivity index (χ3v) is 5.21. The Bertz CT molecular complexity index is 582. The van der Waals surface area contributed by atoms with Crippen molar-refractivity contribution in [3.05, 3.63) is 0 Å². The first-order valence-corrected chi connectivity index (χ1v) is 9.53. The van der Waals surface area contributed by atoms with Crippen LogP contribution in [0.15, 0.2) is 0 Å². The molecule has 0 bridgehead atoms. The normalized spacial score (nSPS) is 20.7. The van der Waals surface area contributed by atoms with Crippen molar-refractivity contribution in [2.75, 3.05) is 40.3 Å². The van der Waals surface area contributed by atoms with E-state index in [1.807, 2.05) is 19.0 Å². The number of carboxylic acids is 4. The van der Waals surface area contributed by atoms with Gasteiger partial charge in [0.25, 0.3) is 0 Å². The van der Waals surface area contributed by atoms with Crippen molar-refractivity contribution < 1.29 is 39.6 Å². The SMILES string of the molecule is CN(C)C1CCCCC1N(CC(=O)O)CC(CC(=O)O)N(CC(=O)O)CC(=O)O. The third kappa shape index (κ3) is 8.75. The van der Waals surface area contributed by atoms with E-state index in [-0.39, 0.29) is 25.2 Å². The minimum Gasteiger partial charge on any atom is -0.481 e. The molecule has 29 heavy (non-hydrogen) atoms. The van der Waals surface area contributed by atoms with Gasteiger partial charge < -0.3 is 25.3 Å². The highest BCUT2D eigenvalue weighted by atomic mass is 16.4. The van der Waals surface area contributed by atoms with Crippen LogP contribution in [0.1, 0.15) is 32.1 Å². The fourth-order valence-electron chi connectivity index (χ4n) is 4.05. The number of hydrogen-bond donors (Lipinski definition) is 4. The summed E-state index contributed by atoms with van der Waals surface area (Å²) < 4.78 is 0. The molecule has 0 radical (unpaired) electrons. The summed E-state index contributed by atoms with van der Waals surface area (Å²) in [5, 5.41) is 36.9. The summed E-state index contributed by atoms with van der Waals surface area (Å²) in [6.45, 7) is -1.67. The lowest BCUT2D eigenvalue weighted by Gasteiger charge is -2.44. The molecule has 1 fully saturated rings. The molecule has 0 aromatic rings. The molecule has 0 aromatic heterocycles. The Kier molecular flexibility index (Phi) is 9.99. The van der Waals surface area contributed by atoms with Gasteiger partial charge in [0.2, 0.25) is 0 Å². The number of rotatable bonds is 13. The number of carbonyl (C=O) groups is 4. The molecule has 1 aliphatic rings. The zero-order valence-corrected chi connectivity index (χ0v) is 16.9. The van der Waals surface area contributed by atoms with E-state index in [2.05, 4.69) is 0 Å².